The summed E-state index contributed by atoms with van der Waals surface area (Å²) in [6.07, 6.45) is 3.71. The molecular formula is C11H22N2O2. The maximum atomic E-state index is 10.1. The van der Waals surface area contributed by atoms with Crippen LogP contribution in [0.5, 0.6) is 0 Å². The second-order valence-corrected chi connectivity index (χ2v) is 4.38. The molecule has 1 aliphatic heterocycles. The van der Waals surface area contributed by atoms with Gasteiger partial charge in [0.15, 0.2) is 0 Å². The molecule has 1 aliphatic rings. The van der Waals surface area contributed by atoms with Gasteiger partial charge in [0.2, 0.25) is 0 Å². The molecule has 0 aliphatic carbocycles. The Hall–Kier alpha value is -0.610. The van der Waals surface area contributed by atoms with Crippen molar-refractivity contribution < 1.29 is 9.53 Å². The van der Waals surface area contributed by atoms with E-state index in [1.165, 1.54) is 12.8 Å². The first-order valence-corrected chi connectivity index (χ1v) is 5.76. The van der Waals surface area contributed by atoms with Crippen molar-refractivity contribution in [1.82, 2.24) is 10.2 Å². The predicted octanol–water partition coefficient (Wildman–Crippen LogP) is 0.969. The fourth-order valence-corrected chi connectivity index (χ4v) is 1.92. The van der Waals surface area contributed by atoms with Gasteiger partial charge in [0, 0.05) is 18.6 Å². The second kappa shape index (κ2) is 6.80. The van der Waals surface area contributed by atoms with Gasteiger partial charge in [0.1, 0.15) is 6.73 Å². The lowest BCUT2D eigenvalue weighted by Crippen LogP contribution is -2.36. The van der Waals surface area contributed by atoms with E-state index in [-0.39, 0.29) is 0 Å². The molecule has 4 heteroatoms. The number of hydrogen-bond acceptors (Lipinski definition) is 4. The highest BCUT2D eigenvalue weighted by Crippen LogP contribution is 2.10. The standard InChI is InChI=1S/C11H22N2O2/c1-10(2)13(8-15-9-14)7-5-11-4-3-6-12-11/h9-12H,3-8H2,1-2H3. The Morgan fingerprint density at radius 1 is 1.60 bits per heavy atom. The molecule has 15 heavy (non-hydrogen) atoms. The van der Waals surface area contributed by atoms with Gasteiger partial charge in [-0.2, -0.15) is 0 Å². The first-order valence-electron chi connectivity index (χ1n) is 5.76. The van der Waals surface area contributed by atoms with Crippen LogP contribution in [0.2, 0.25) is 0 Å². The van der Waals surface area contributed by atoms with Gasteiger partial charge < -0.3 is 10.1 Å². The zero-order valence-electron chi connectivity index (χ0n) is 9.74. The Morgan fingerprint density at radius 2 is 2.40 bits per heavy atom. The highest BCUT2D eigenvalue weighted by molar-refractivity contribution is 5.36. The molecule has 0 radical (unpaired) electrons. The third-order valence-electron chi connectivity index (χ3n) is 2.97. The maximum absolute atomic E-state index is 10.1. The molecule has 1 heterocycles. The third-order valence-corrected chi connectivity index (χ3v) is 2.97. The van der Waals surface area contributed by atoms with Gasteiger partial charge in [-0.3, -0.25) is 9.69 Å². The predicted molar refractivity (Wildman–Crippen MR) is 59.5 cm³/mol. The number of hydrogen-bond donors (Lipinski definition) is 1. The zero-order chi connectivity index (χ0) is 11.1. The number of carbonyl (C=O) groups is 1. The Labute approximate surface area is 92.0 Å². The average Bonchev–Trinajstić information content (AvgIpc) is 2.70. The van der Waals surface area contributed by atoms with Crippen LogP contribution in [-0.2, 0) is 9.53 Å². The highest BCUT2D eigenvalue weighted by Gasteiger charge is 2.16. The Kier molecular flexibility index (Phi) is 5.65. The normalized spacial score (nSPS) is 21.2. The number of nitrogens with one attached hydrogen (secondary N) is 1. The van der Waals surface area contributed by atoms with Crippen LogP contribution >= 0.6 is 0 Å². The number of carbonyl (C=O) groups excluding carboxylic acids is 1. The lowest BCUT2D eigenvalue weighted by atomic mass is 10.1. The van der Waals surface area contributed by atoms with E-state index in [1.54, 1.807) is 0 Å². The van der Waals surface area contributed by atoms with Crippen LogP contribution < -0.4 is 5.32 Å². The summed E-state index contributed by atoms with van der Waals surface area (Å²) < 4.78 is 4.80. The van der Waals surface area contributed by atoms with E-state index >= 15 is 0 Å². The van der Waals surface area contributed by atoms with Crippen LogP contribution in [0.3, 0.4) is 0 Å². The summed E-state index contributed by atoms with van der Waals surface area (Å²) in [4.78, 5) is 12.3. The summed E-state index contributed by atoms with van der Waals surface area (Å²) in [5, 5.41) is 3.47. The molecule has 4 nitrogen and oxygen atoms in total. The van der Waals surface area contributed by atoms with E-state index in [2.05, 4.69) is 24.1 Å². The van der Waals surface area contributed by atoms with Crippen molar-refractivity contribution in [2.24, 2.45) is 0 Å². The van der Waals surface area contributed by atoms with Crippen LogP contribution in [0.4, 0.5) is 0 Å². The summed E-state index contributed by atoms with van der Waals surface area (Å²) >= 11 is 0. The lowest BCUT2D eigenvalue weighted by molar-refractivity contribution is -0.134. The molecule has 1 atom stereocenters. The molecule has 0 aromatic carbocycles. The number of nitrogens with zero attached hydrogens (tertiary/aromatic N) is 1. The van der Waals surface area contributed by atoms with Gasteiger partial charge in [-0.25, -0.2) is 0 Å². The van der Waals surface area contributed by atoms with E-state index in [4.69, 9.17) is 4.74 Å². The lowest BCUT2D eigenvalue weighted by Gasteiger charge is -2.26. The van der Waals surface area contributed by atoms with Crippen molar-refractivity contribution in [3.63, 3.8) is 0 Å². The van der Waals surface area contributed by atoms with Gasteiger partial charge in [0.25, 0.3) is 6.47 Å². The van der Waals surface area contributed by atoms with E-state index in [9.17, 15) is 4.79 Å². The fraction of sp³-hybridized carbons (Fsp3) is 0.909. The van der Waals surface area contributed by atoms with E-state index in [0.29, 0.717) is 25.3 Å². The molecule has 1 N–H and O–H groups in total. The molecule has 0 saturated carbocycles. The van der Waals surface area contributed by atoms with Crippen molar-refractivity contribution in [3.05, 3.63) is 0 Å². The summed E-state index contributed by atoms with van der Waals surface area (Å²) in [5.74, 6) is 0. The molecule has 0 bridgehead atoms. The van der Waals surface area contributed by atoms with Crippen molar-refractivity contribution in [2.45, 2.75) is 45.2 Å². The van der Waals surface area contributed by atoms with Crippen molar-refractivity contribution >= 4 is 6.47 Å². The smallest absolute Gasteiger partial charge is 0.294 e. The van der Waals surface area contributed by atoms with Crippen LogP contribution in [-0.4, -0.2) is 43.3 Å². The van der Waals surface area contributed by atoms with Crippen molar-refractivity contribution in [1.29, 1.82) is 0 Å². The topological polar surface area (TPSA) is 41.6 Å². The fourth-order valence-electron chi connectivity index (χ4n) is 1.92. The largest absolute Gasteiger partial charge is 0.452 e. The summed E-state index contributed by atoms with van der Waals surface area (Å²) in [6.45, 7) is 7.31. The quantitative estimate of drug-likeness (QED) is 0.506. The molecule has 1 saturated heterocycles. The molecule has 0 aromatic rings. The minimum atomic E-state index is 0.411. The first kappa shape index (κ1) is 12.5. The molecule has 0 spiro atoms. The number of rotatable bonds is 7. The number of ether oxygens (including phenoxy) is 1. The van der Waals surface area contributed by atoms with Gasteiger partial charge in [0.05, 0.1) is 0 Å². The van der Waals surface area contributed by atoms with Crippen LogP contribution in [0.25, 0.3) is 0 Å². The Balaban J connectivity index is 2.20. The van der Waals surface area contributed by atoms with E-state index < -0.39 is 0 Å². The monoisotopic (exact) mass is 214 g/mol. The molecule has 0 aromatic heterocycles. The third kappa shape index (κ3) is 4.62. The zero-order valence-corrected chi connectivity index (χ0v) is 9.74. The van der Waals surface area contributed by atoms with Crippen LogP contribution in [0, 0.1) is 0 Å². The maximum Gasteiger partial charge on any atom is 0.294 e. The SMILES string of the molecule is CC(C)N(CCC1CCCN1)COC=O. The summed E-state index contributed by atoms with van der Waals surface area (Å²) in [5.41, 5.74) is 0. The Bertz CT molecular complexity index is 179. The Morgan fingerprint density at radius 3 is 2.93 bits per heavy atom. The van der Waals surface area contributed by atoms with Crippen LogP contribution in [0.1, 0.15) is 33.1 Å². The minimum absolute atomic E-state index is 0.411. The molecule has 1 fully saturated rings. The minimum Gasteiger partial charge on any atom is -0.452 e. The molecule has 1 rings (SSSR count). The van der Waals surface area contributed by atoms with Gasteiger partial charge in [-0.05, 0) is 39.7 Å². The molecular weight excluding hydrogens is 192 g/mol. The second-order valence-electron chi connectivity index (χ2n) is 4.38. The first-order chi connectivity index (χ1) is 7.24. The summed E-state index contributed by atoms with van der Waals surface area (Å²) in [7, 11) is 0. The van der Waals surface area contributed by atoms with E-state index in [0.717, 1.165) is 19.5 Å². The highest BCUT2D eigenvalue weighted by atomic mass is 16.5. The molecule has 0 amide bonds. The molecule has 1 unspecified atom stereocenters. The van der Waals surface area contributed by atoms with E-state index in [1.807, 2.05) is 0 Å². The van der Waals surface area contributed by atoms with Crippen LogP contribution in [0.15, 0.2) is 0 Å². The van der Waals surface area contributed by atoms with Crippen molar-refractivity contribution in [2.75, 3.05) is 19.8 Å². The van der Waals surface area contributed by atoms with Gasteiger partial charge in [-0.15, -0.1) is 0 Å². The average molecular weight is 214 g/mol. The van der Waals surface area contributed by atoms with Gasteiger partial charge in [-0.1, -0.05) is 0 Å². The van der Waals surface area contributed by atoms with Gasteiger partial charge >= 0.3 is 0 Å². The summed E-state index contributed by atoms with van der Waals surface area (Å²) in [6, 6.07) is 1.08. The van der Waals surface area contributed by atoms with Crippen molar-refractivity contribution in [3.8, 4) is 0 Å². The molecule has 88 valence electrons.